The number of likely N-dealkylation sites (N-methyl/N-ethyl adjacent to an activating group) is 1. The first kappa shape index (κ1) is 14.7. The van der Waals surface area contributed by atoms with E-state index in [0.29, 0.717) is 19.8 Å². The van der Waals surface area contributed by atoms with Gasteiger partial charge in [-0.2, -0.15) is 11.3 Å². The second-order valence-electron chi connectivity index (χ2n) is 4.58. The summed E-state index contributed by atoms with van der Waals surface area (Å²) in [4.78, 5) is 3.31. The van der Waals surface area contributed by atoms with Crippen molar-refractivity contribution in [1.29, 1.82) is 0 Å². The molecule has 1 N–H and O–H groups in total. The lowest BCUT2D eigenvalue weighted by atomic mass is 10.3. The van der Waals surface area contributed by atoms with Gasteiger partial charge >= 0.3 is 0 Å². The number of aliphatic hydroxyl groups excluding tert-OH is 1. The number of hydrogen-bond donors (Lipinski definition) is 1. The maximum absolute atomic E-state index is 9.92. The average molecular weight is 297 g/mol. The number of thiophene rings is 2. The minimum atomic E-state index is -0.441. The van der Waals surface area contributed by atoms with Crippen LogP contribution in [0.4, 0.5) is 0 Å². The fourth-order valence-electron chi connectivity index (χ4n) is 1.86. The third-order valence-electron chi connectivity index (χ3n) is 2.69. The Morgan fingerprint density at radius 3 is 2.95 bits per heavy atom. The van der Waals surface area contributed by atoms with E-state index in [-0.39, 0.29) is 0 Å². The number of aliphatic hydroxyl groups is 1. The molecule has 0 saturated carbocycles. The van der Waals surface area contributed by atoms with Crippen LogP contribution in [0, 0.1) is 0 Å². The van der Waals surface area contributed by atoms with Crippen molar-refractivity contribution >= 4 is 22.7 Å². The molecule has 0 aliphatic carbocycles. The molecule has 0 radical (unpaired) electrons. The first-order chi connectivity index (χ1) is 9.24. The van der Waals surface area contributed by atoms with Gasteiger partial charge in [-0.1, -0.05) is 6.07 Å². The van der Waals surface area contributed by atoms with E-state index in [4.69, 9.17) is 4.74 Å². The van der Waals surface area contributed by atoms with Gasteiger partial charge in [-0.05, 0) is 40.9 Å². The van der Waals surface area contributed by atoms with Gasteiger partial charge in [0.1, 0.15) is 0 Å². The molecule has 0 bridgehead atoms. The van der Waals surface area contributed by atoms with Crippen LogP contribution in [-0.4, -0.2) is 36.3 Å². The Balaban J connectivity index is 1.62. The van der Waals surface area contributed by atoms with Crippen molar-refractivity contribution in [2.24, 2.45) is 0 Å². The van der Waals surface area contributed by atoms with Crippen LogP contribution in [0.15, 0.2) is 34.3 Å². The Bertz CT molecular complexity index is 442. The minimum Gasteiger partial charge on any atom is -0.389 e. The zero-order valence-electron chi connectivity index (χ0n) is 11.0. The predicted octanol–water partition coefficient (Wildman–Crippen LogP) is 2.82. The van der Waals surface area contributed by atoms with E-state index in [2.05, 4.69) is 21.7 Å². The van der Waals surface area contributed by atoms with Gasteiger partial charge in [-0.3, -0.25) is 4.90 Å². The summed E-state index contributed by atoms with van der Waals surface area (Å²) < 4.78 is 5.51. The Morgan fingerprint density at radius 1 is 1.37 bits per heavy atom. The zero-order chi connectivity index (χ0) is 13.5. The van der Waals surface area contributed by atoms with Crippen LogP contribution < -0.4 is 0 Å². The van der Waals surface area contributed by atoms with Crippen molar-refractivity contribution in [3.8, 4) is 0 Å². The summed E-state index contributed by atoms with van der Waals surface area (Å²) in [6, 6.07) is 6.16. The van der Waals surface area contributed by atoms with Crippen molar-refractivity contribution in [1.82, 2.24) is 4.90 Å². The molecule has 19 heavy (non-hydrogen) atoms. The molecule has 0 fully saturated rings. The number of rotatable bonds is 8. The number of nitrogens with zero attached hydrogens (tertiary/aromatic N) is 1. The van der Waals surface area contributed by atoms with Crippen molar-refractivity contribution in [3.63, 3.8) is 0 Å². The first-order valence-corrected chi connectivity index (χ1v) is 8.04. The molecule has 104 valence electrons. The van der Waals surface area contributed by atoms with Crippen LogP contribution >= 0.6 is 22.7 Å². The van der Waals surface area contributed by atoms with E-state index in [0.717, 1.165) is 6.54 Å². The fraction of sp³-hybridized carbons (Fsp3) is 0.429. The normalized spacial score (nSPS) is 13.0. The highest BCUT2D eigenvalue weighted by Gasteiger charge is 2.09. The van der Waals surface area contributed by atoms with Gasteiger partial charge in [-0.15, -0.1) is 11.3 Å². The molecule has 0 saturated heterocycles. The summed E-state index contributed by atoms with van der Waals surface area (Å²) in [5.74, 6) is 0. The molecule has 2 heterocycles. The summed E-state index contributed by atoms with van der Waals surface area (Å²) in [6.07, 6.45) is -0.441. The van der Waals surface area contributed by atoms with E-state index in [1.807, 2.05) is 24.6 Å². The van der Waals surface area contributed by atoms with Gasteiger partial charge < -0.3 is 9.84 Å². The van der Waals surface area contributed by atoms with Gasteiger partial charge in [-0.25, -0.2) is 0 Å². The van der Waals surface area contributed by atoms with E-state index >= 15 is 0 Å². The second-order valence-corrected chi connectivity index (χ2v) is 6.39. The van der Waals surface area contributed by atoms with Crippen molar-refractivity contribution < 1.29 is 9.84 Å². The van der Waals surface area contributed by atoms with Crippen molar-refractivity contribution in [2.75, 3.05) is 20.2 Å². The lowest BCUT2D eigenvalue weighted by molar-refractivity contribution is 0.0135. The molecule has 0 amide bonds. The summed E-state index contributed by atoms with van der Waals surface area (Å²) in [7, 11) is 2.01. The van der Waals surface area contributed by atoms with Gasteiger partial charge in [0.15, 0.2) is 0 Å². The molecular formula is C14H19NO2S2. The largest absolute Gasteiger partial charge is 0.389 e. The van der Waals surface area contributed by atoms with E-state index < -0.39 is 6.10 Å². The smallest absolute Gasteiger partial charge is 0.0900 e. The van der Waals surface area contributed by atoms with Gasteiger partial charge in [0, 0.05) is 18.0 Å². The van der Waals surface area contributed by atoms with Crippen LogP contribution in [0.2, 0.25) is 0 Å². The highest BCUT2D eigenvalue weighted by Crippen LogP contribution is 2.10. The fourth-order valence-corrected chi connectivity index (χ4v) is 3.16. The molecule has 1 atom stereocenters. The third kappa shape index (κ3) is 5.42. The highest BCUT2D eigenvalue weighted by molar-refractivity contribution is 7.09. The maximum atomic E-state index is 9.92. The van der Waals surface area contributed by atoms with Crippen molar-refractivity contribution in [2.45, 2.75) is 19.3 Å². The van der Waals surface area contributed by atoms with Gasteiger partial charge in [0.25, 0.3) is 0 Å². The predicted molar refractivity (Wildman–Crippen MR) is 80.6 cm³/mol. The van der Waals surface area contributed by atoms with Crippen molar-refractivity contribution in [3.05, 3.63) is 44.8 Å². The SMILES string of the molecule is CN(Cc1ccsc1)CC(O)COCc1cccs1. The second kappa shape index (κ2) is 7.77. The molecule has 0 spiro atoms. The van der Waals surface area contributed by atoms with Crippen LogP contribution in [0.25, 0.3) is 0 Å². The molecule has 2 rings (SSSR count). The Labute approximate surface area is 122 Å². The molecule has 0 aliphatic rings. The lowest BCUT2D eigenvalue weighted by Gasteiger charge is -2.20. The summed E-state index contributed by atoms with van der Waals surface area (Å²) in [5.41, 5.74) is 1.29. The summed E-state index contributed by atoms with van der Waals surface area (Å²) in [6.45, 7) is 2.46. The van der Waals surface area contributed by atoms with Gasteiger partial charge in [0.05, 0.1) is 19.3 Å². The topological polar surface area (TPSA) is 32.7 Å². The van der Waals surface area contributed by atoms with E-state index in [1.54, 1.807) is 22.7 Å². The van der Waals surface area contributed by atoms with Crippen LogP contribution in [0.3, 0.4) is 0 Å². The monoisotopic (exact) mass is 297 g/mol. The minimum absolute atomic E-state index is 0.381. The maximum Gasteiger partial charge on any atom is 0.0900 e. The molecule has 1 unspecified atom stereocenters. The summed E-state index contributed by atoms with van der Waals surface area (Å²) in [5, 5.41) is 16.2. The average Bonchev–Trinajstić information content (AvgIpc) is 3.01. The van der Waals surface area contributed by atoms with Gasteiger partial charge in [0.2, 0.25) is 0 Å². The molecule has 5 heteroatoms. The lowest BCUT2D eigenvalue weighted by Crippen LogP contribution is -2.31. The number of hydrogen-bond acceptors (Lipinski definition) is 5. The van der Waals surface area contributed by atoms with Crippen LogP contribution in [0.5, 0.6) is 0 Å². The molecule has 2 aromatic rings. The number of ether oxygens (including phenoxy) is 1. The molecular weight excluding hydrogens is 278 g/mol. The summed E-state index contributed by atoms with van der Waals surface area (Å²) >= 11 is 3.38. The molecule has 0 aliphatic heterocycles. The molecule has 3 nitrogen and oxygen atoms in total. The Kier molecular flexibility index (Phi) is 6.00. The quantitative estimate of drug-likeness (QED) is 0.813. The highest BCUT2D eigenvalue weighted by atomic mass is 32.1. The Morgan fingerprint density at radius 2 is 2.26 bits per heavy atom. The van der Waals surface area contributed by atoms with Crippen LogP contribution in [0.1, 0.15) is 10.4 Å². The molecule has 2 aromatic heterocycles. The zero-order valence-corrected chi connectivity index (χ0v) is 12.6. The molecule has 0 aromatic carbocycles. The Hall–Kier alpha value is -0.720. The first-order valence-electron chi connectivity index (χ1n) is 6.22. The van der Waals surface area contributed by atoms with Crippen LogP contribution in [-0.2, 0) is 17.9 Å². The standard InChI is InChI=1S/C14H19NO2S2/c1-15(7-12-4-6-18-11-12)8-13(16)9-17-10-14-3-2-5-19-14/h2-6,11,13,16H,7-10H2,1H3. The van der Waals surface area contributed by atoms with E-state index in [1.165, 1.54) is 10.4 Å². The third-order valence-corrected chi connectivity index (χ3v) is 4.27. The van der Waals surface area contributed by atoms with E-state index in [9.17, 15) is 5.11 Å².